The van der Waals surface area contributed by atoms with Crippen molar-refractivity contribution >= 4 is 29.4 Å². The first-order valence-corrected chi connectivity index (χ1v) is 12.1. The molecule has 1 unspecified atom stereocenters. The molecule has 0 fully saturated rings. The highest BCUT2D eigenvalue weighted by atomic mass is 35.5. The van der Waals surface area contributed by atoms with Crippen molar-refractivity contribution in [2.75, 3.05) is 6.61 Å². The van der Waals surface area contributed by atoms with Gasteiger partial charge in [-0.15, -0.1) is 0 Å². The van der Waals surface area contributed by atoms with Gasteiger partial charge < -0.3 is 19.4 Å². The Bertz CT molecular complexity index is 1300. The molecule has 0 saturated heterocycles. The molecule has 0 saturated carbocycles. The number of carbonyl (C=O) groups is 3. The monoisotopic (exact) mass is 506 g/mol. The number of benzene rings is 2. The number of hydrogen-bond acceptors (Lipinski definition) is 5. The van der Waals surface area contributed by atoms with Crippen molar-refractivity contribution in [2.24, 2.45) is 0 Å². The van der Waals surface area contributed by atoms with E-state index in [0.717, 1.165) is 11.1 Å². The summed E-state index contributed by atoms with van der Waals surface area (Å²) in [4.78, 5) is 40.5. The minimum atomic E-state index is -0.455. The summed E-state index contributed by atoms with van der Waals surface area (Å²) in [5.41, 5.74) is 2.98. The number of carbonyl (C=O) groups excluding carboxylic acids is 3. The summed E-state index contributed by atoms with van der Waals surface area (Å²) in [7, 11) is 0. The lowest BCUT2D eigenvalue weighted by molar-refractivity contribution is -0.140. The standard InChI is InChI=1S/C28H27ClN2O5/c1-3-35-28(34)26-18(2)31(25(32)15-24(26)20-8-5-10-22(29)14-20)17-19-7-4-9-21(13-19)27(33)30-16-23-11-6-12-36-23/h4-14,24H,3,15-17H2,1-2H3,(H,30,33). The van der Waals surface area contributed by atoms with E-state index in [0.29, 0.717) is 27.6 Å². The van der Waals surface area contributed by atoms with Crippen LogP contribution in [-0.2, 0) is 27.4 Å². The molecule has 1 atom stereocenters. The van der Waals surface area contributed by atoms with E-state index in [1.54, 1.807) is 73.5 Å². The molecule has 1 aliphatic rings. The quantitative estimate of drug-likeness (QED) is 0.423. The predicted octanol–water partition coefficient (Wildman–Crippen LogP) is 5.22. The first-order valence-electron chi connectivity index (χ1n) is 11.7. The molecule has 7 nitrogen and oxygen atoms in total. The van der Waals surface area contributed by atoms with Crippen molar-refractivity contribution in [2.45, 2.75) is 39.3 Å². The maximum atomic E-state index is 13.3. The van der Waals surface area contributed by atoms with Gasteiger partial charge in [0.15, 0.2) is 0 Å². The fourth-order valence-electron chi connectivity index (χ4n) is 4.36. The third-order valence-electron chi connectivity index (χ3n) is 6.10. The number of halogens is 1. The fraction of sp³-hybridized carbons (Fsp3) is 0.250. The molecule has 2 amide bonds. The van der Waals surface area contributed by atoms with E-state index in [1.165, 1.54) is 0 Å². The molecule has 8 heteroatoms. The van der Waals surface area contributed by atoms with Gasteiger partial charge in [0.25, 0.3) is 5.91 Å². The average Bonchev–Trinajstić information content (AvgIpc) is 3.39. The molecular formula is C28H27ClN2O5. The number of hydrogen-bond donors (Lipinski definition) is 1. The second kappa shape index (κ2) is 11.3. The van der Waals surface area contributed by atoms with Crippen molar-refractivity contribution in [3.63, 3.8) is 0 Å². The summed E-state index contributed by atoms with van der Waals surface area (Å²) in [5, 5.41) is 3.35. The lowest BCUT2D eigenvalue weighted by Crippen LogP contribution is -2.38. The molecule has 0 radical (unpaired) electrons. The van der Waals surface area contributed by atoms with E-state index < -0.39 is 11.9 Å². The molecular weight excluding hydrogens is 480 g/mol. The van der Waals surface area contributed by atoms with E-state index >= 15 is 0 Å². The number of allylic oxidation sites excluding steroid dienone is 1. The van der Waals surface area contributed by atoms with Crippen LogP contribution in [0.15, 0.2) is 82.6 Å². The molecule has 36 heavy (non-hydrogen) atoms. The van der Waals surface area contributed by atoms with Gasteiger partial charge in [0.05, 0.1) is 31.5 Å². The van der Waals surface area contributed by atoms with Crippen LogP contribution in [0, 0.1) is 0 Å². The molecule has 186 valence electrons. The minimum Gasteiger partial charge on any atom is -0.467 e. The van der Waals surface area contributed by atoms with Crippen LogP contribution in [-0.4, -0.2) is 29.3 Å². The Morgan fingerprint density at radius 3 is 2.67 bits per heavy atom. The summed E-state index contributed by atoms with van der Waals surface area (Å²) in [6.07, 6.45) is 1.66. The maximum absolute atomic E-state index is 13.3. The first-order chi connectivity index (χ1) is 17.4. The summed E-state index contributed by atoms with van der Waals surface area (Å²) < 4.78 is 10.6. The van der Waals surface area contributed by atoms with Crippen LogP contribution < -0.4 is 5.32 Å². The van der Waals surface area contributed by atoms with E-state index in [2.05, 4.69) is 5.32 Å². The Balaban J connectivity index is 1.59. The van der Waals surface area contributed by atoms with Crippen molar-refractivity contribution in [3.05, 3.63) is 106 Å². The van der Waals surface area contributed by atoms with Crippen molar-refractivity contribution in [3.8, 4) is 0 Å². The van der Waals surface area contributed by atoms with Crippen LogP contribution in [0.25, 0.3) is 0 Å². The van der Waals surface area contributed by atoms with Crippen LogP contribution in [0.2, 0.25) is 5.02 Å². The van der Waals surface area contributed by atoms with Gasteiger partial charge in [0.2, 0.25) is 5.91 Å². The zero-order valence-electron chi connectivity index (χ0n) is 20.1. The molecule has 0 bridgehead atoms. The Morgan fingerprint density at radius 2 is 1.94 bits per heavy atom. The van der Waals surface area contributed by atoms with E-state index in [1.807, 2.05) is 12.1 Å². The van der Waals surface area contributed by atoms with Crippen LogP contribution >= 0.6 is 11.6 Å². The molecule has 3 aromatic rings. The van der Waals surface area contributed by atoms with Crippen LogP contribution in [0.1, 0.15) is 53.4 Å². The highest BCUT2D eigenvalue weighted by Gasteiger charge is 2.37. The van der Waals surface area contributed by atoms with Gasteiger partial charge in [-0.05, 0) is 61.4 Å². The van der Waals surface area contributed by atoms with E-state index in [4.69, 9.17) is 20.8 Å². The number of rotatable bonds is 8. The zero-order chi connectivity index (χ0) is 25.7. The molecule has 1 aliphatic heterocycles. The van der Waals surface area contributed by atoms with Crippen LogP contribution in [0.5, 0.6) is 0 Å². The summed E-state index contributed by atoms with van der Waals surface area (Å²) in [6, 6.07) is 17.8. The summed E-state index contributed by atoms with van der Waals surface area (Å²) in [5.74, 6) is -0.634. The third-order valence-corrected chi connectivity index (χ3v) is 6.34. The number of ether oxygens (including phenoxy) is 1. The average molecular weight is 507 g/mol. The SMILES string of the molecule is CCOC(=O)C1=C(C)N(Cc2cccc(C(=O)NCc3ccco3)c2)C(=O)CC1c1cccc(Cl)c1. The largest absolute Gasteiger partial charge is 0.467 e. The molecule has 2 aromatic carbocycles. The van der Waals surface area contributed by atoms with Gasteiger partial charge in [-0.3, -0.25) is 9.59 Å². The topological polar surface area (TPSA) is 88.8 Å². The molecule has 0 spiro atoms. The number of amides is 2. The lowest BCUT2D eigenvalue weighted by atomic mass is 9.83. The predicted molar refractivity (Wildman–Crippen MR) is 135 cm³/mol. The van der Waals surface area contributed by atoms with Gasteiger partial charge >= 0.3 is 5.97 Å². The summed E-state index contributed by atoms with van der Waals surface area (Å²) in [6.45, 7) is 4.21. The van der Waals surface area contributed by atoms with Crippen molar-refractivity contribution in [1.82, 2.24) is 10.2 Å². The highest BCUT2D eigenvalue weighted by Crippen LogP contribution is 2.38. The molecule has 4 rings (SSSR count). The second-order valence-corrected chi connectivity index (χ2v) is 8.91. The molecule has 2 heterocycles. The van der Waals surface area contributed by atoms with Gasteiger partial charge in [-0.2, -0.15) is 0 Å². The van der Waals surface area contributed by atoms with E-state index in [9.17, 15) is 14.4 Å². The lowest BCUT2D eigenvalue weighted by Gasteiger charge is -2.34. The Hall–Kier alpha value is -3.84. The number of nitrogens with zero attached hydrogens (tertiary/aromatic N) is 1. The number of furan rings is 1. The normalized spacial score (nSPS) is 15.7. The van der Waals surface area contributed by atoms with Crippen LogP contribution in [0.3, 0.4) is 0 Å². The van der Waals surface area contributed by atoms with Gasteiger partial charge in [0, 0.05) is 28.6 Å². The Labute approximate surface area is 214 Å². The Kier molecular flexibility index (Phi) is 7.90. The van der Waals surface area contributed by atoms with Crippen molar-refractivity contribution in [1.29, 1.82) is 0 Å². The Morgan fingerprint density at radius 1 is 1.14 bits per heavy atom. The first kappa shape index (κ1) is 25.3. The van der Waals surface area contributed by atoms with E-state index in [-0.39, 0.29) is 37.9 Å². The molecule has 1 aromatic heterocycles. The highest BCUT2D eigenvalue weighted by molar-refractivity contribution is 6.30. The molecule has 1 N–H and O–H groups in total. The van der Waals surface area contributed by atoms with Gasteiger partial charge in [0.1, 0.15) is 5.76 Å². The fourth-order valence-corrected chi connectivity index (χ4v) is 4.56. The summed E-state index contributed by atoms with van der Waals surface area (Å²) >= 11 is 6.19. The van der Waals surface area contributed by atoms with Gasteiger partial charge in [-0.25, -0.2) is 4.79 Å². The maximum Gasteiger partial charge on any atom is 0.336 e. The van der Waals surface area contributed by atoms with Gasteiger partial charge in [-0.1, -0.05) is 35.9 Å². The third kappa shape index (κ3) is 5.69. The molecule has 0 aliphatic carbocycles. The van der Waals surface area contributed by atoms with Crippen LogP contribution in [0.4, 0.5) is 0 Å². The van der Waals surface area contributed by atoms with Crippen molar-refractivity contribution < 1.29 is 23.5 Å². The second-order valence-electron chi connectivity index (χ2n) is 8.47. The number of esters is 1. The smallest absolute Gasteiger partial charge is 0.336 e. The minimum absolute atomic E-state index is 0.106. The zero-order valence-corrected chi connectivity index (χ0v) is 20.9. The number of nitrogens with one attached hydrogen (secondary N) is 1.